The van der Waals surface area contributed by atoms with Crippen molar-refractivity contribution in [3.05, 3.63) is 53.6 Å². The maximum Gasteiger partial charge on any atom is 0.194 e. The van der Waals surface area contributed by atoms with Crippen LogP contribution in [0.15, 0.2) is 36.7 Å². The van der Waals surface area contributed by atoms with Crippen LogP contribution in [0, 0.1) is 5.82 Å². The summed E-state index contributed by atoms with van der Waals surface area (Å²) in [4.78, 5) is 15.8. The van der Waals surface area contributed by atoms with E-state index >= 15 is 0 Å². The summed E-state index contributed by atoms with van der Waals surface area (Å²) in [5, 5.41) is 0. The Bertz CT molecular complexity index is 642. The number of hydrogen-bond acceptors (Lipinski definition) is 4. The molecule has 96 valence electrons. The molecule has 0 amide bonds. The Hall–Kier alpha value is -2.43. The topological polar surface area (TPSA) is 48.4 Å². The number of carbonyl (C=O) groups is 1. The number of nitrogens with zero attached hydrogens (tertiary/aromatic N) is 1. The molecule has 0 aliphatic carbocycles. The van der Waals surface area contributed by atoms with Crippen molar-refractivity contribution in [3.8, 4) is 11.5 Å². The van der Waals surface area contributed by atoms with Crippen molar-refractivity contribution in [3.63, 3.8) is 0 Å². The van der Waals surface area contributed by atoms with Crippen LogP contribution in [0.4, 0.5) is 4.39 Å². The van der Waals surface area contributed by atoms with E-state index in [1.165, 1.54) is 6.20 Å². The molecule has 1 aromatic heterocycles. The molecule has 5 heteroatoms. The average Bonchev–Trinajstić information content (AvgIpc) is 2.46. The standard InChI is InChI=1S/C14H10FNO3/c15-11-5-10(7-16-8-11)14(17)9-1-2-12-13(6-9)19-4-3-18-12/h1-2,5-8H,3-4H2. The number of benzene rings is 1. The lowest BCUT2D eigenvalue weighted by Gasteiger charge is -2.18. The fourth-order valence-electron chi connectivity index (χ4n) is 1.89. The number of rotatable bonds is 2. The van der Waals surface area contributed by atoms with Crippen molar-refractivity contribution in [1.82, 2.24) is 4.98 Å². The van der Waals surface area contributed by atoms with Crippen molar-refractivity contribution in [1.29, 1.82) is 0 Å². The maximum absolute atomic E-state index is 13.1. The van der Waals surface area contributed by atoms with Gasteiger partial charge in [-0.1, -0.05) is 0 Å². The third-order valence-corrected chi connectivity index (χ3v) is 2.77. The number of pyridine rings is 1. The van der Waals surface area contributed by atoms with E-state index in [2.05, 4.69) is 4.98 Å². The van der Waals surface area contributed by atoms with Gasteiger partial charge in [0.15, 0.2) is 17.3 Å². The van der Waals surface area contributed by atoms with Gasteiger partial charge in [-0.25, -0.2) is 4.39 Å². The van der Waals surface area contributed by atoms with Crippen LogP contribution in [0.1, 0.15) is 15.9 Å². The molecule has 0 spiro atoms. The molecule has 0 unspecified atom stereocenters. The van der Waals surface area contributed by atoms with Crippen LogP contribution in [-0.4, -0.2) is 24.0 Å². The van der Waals surface area contributed by atoms with Gasteiger partial charge in [-0.3, -0.25) is 9.78 Å². The van der Waals surface area contributed by atoms with Gasteiger partial charge in [-0.2, -0.15) is 0 Å². The zero-order chi connectivity index (χ0) is 13.2. The molecule has 19 heavy (non-hydrogen) atoms. The zero-order valence-electron chi connectivity index (χ0n) is 9.93. The second-order valence-corrected chi connectivity index (χ2v) is 4.08. The Morgan fingerprint density at radius 2 is 1.84 bits per heavy atom. The molecule has 0 saturated heterocycles. The first-order valence-electron chi connectivity index (χ1n) is 5.79. The largest absolute Gasteiger partial charge is 0.486 e. The Kier molecular flexibility index (Phi) is 2.87. The summed E-state index contributed by atoms with van der Waals surface area (Å²) >= 11 is 0. The number of fused-ring (bicyclic) bond motifs is 1. The summed E-state index contributed by atoms with van der Waals surface area (Å²) in [6.45, 7) is 0.945. The molecular formula is C14H10FNO3. The minimum atomic E-state index is -0.539. The molecule has 4 nitrogen and oxygen atoms in total. The van der Waals surface area contributed by atoms with E-state index in [9.17, 15) is 9.18 Å². The van der Waals surface area contributed by atoms with E-state index in [-0.39, 0.29) is 11.3 Å². The van der Waals surface area contributed by atoms with Gasteiger partial charge in [0.2, 0.25) is 0 Å². The highest BCUT2D eigenvalue weighted by Crippen LogP contribution is 2.31. The second-order valence-electron chi connectivity index (χ2n) is 4.08. The number of hydrogen-bond donors (Lipinski definition) is 0. The molecule has 2 aromatic rings. The summed E-state index contributed by atoms with van der Waals surface area (Å²) in [7, 11) is 0. The zero-order valence-corrected chi connectivity index (χ0v) is 9.93. The Morgan fingerprint density at radius 3 is 2.63 bits per heavy atom. The van der Waals surface area contributed by atoms with E-state index in [4.69, 9.17) is 9.47 Å². The number of aromatic nitrogens is 1. The normalized spacial score (nSPS) is 13.1. The summed E-state index contributed by atoms with van der Waals surface area (Å²) in [6.07, 6.45) is 2.39. The molecule has 1 aliphatic rings. The smallest absolute Gasteiger partial charge is 0.194 e. The highest BCUT2D eigenvalue weighted by atomic mass is 19.1. The molecule has 3 rings (SSSR count). The van der Waals surface area contributed by atoms with Gasteiger partial charge in [-0.05, 0) is 24.3 Å². The van der Waals surface area contributed by atoms with Crippen molar-refractivity contribution in [2.24, 2.45) is 0 Å². The van der Waals surface area contributed by atoms with E-state index in [1.54, 1.807) is 18.2 Å². The predicted octanol–water partition coefficient (Wildman–Crippen LogP) is 2.22. The molecule has 2 heterocycles. The first kappa shape index (κ1) is 11.6. The highest BCUT2D eigenvalue weighted by Gasteiger charge is 2.16. The summed E-state index contributed by atoms with van der Waals surface area (Å²) in [6, 6.07) is 6.06. The van der Waals surface area contributed by atoms with Gasteiger partial charge in [0.25, 0.3) is 0 Å². The highest BCUT2D eigenvalue weighted by molar-refractivity contribution is 6.09. The Morgan fingerprint density at radius 1 is 1.05 bits per heavy atom. The lowest BCUT2D eigenvalue weighted by Crippen LogP contribution is -2.16. The molecule has 0 radical (unpaired) electrons. The Labute approximate surface area is 108 Å². The third kappa shape index (κ3) is 2.27. The van der Waals surface area contributed by atoms with E-state index < -0.39 is 5.82 Å². The molecule has 1 aromatic carbocycles. The number of ether oxygens (including phenoxy) is 2. The van der Waals surface area contributed by atoms with Crippen molar-refractivity contribution < 1.29 is 18.7 Å². The van der Waals surface area contributed by atoms with E-state index in [0.717, 1.165) is 12.3 Å². The van der Waals surface area contributed by atoms with E-state index in [0.29, 0.717) is 30.3 Å². The lowest BCUT2D eigenvalue weighted by atomic mass is 10.0. The van der Waals surface area contributed by atoms with Crippen LogP contribution in [0.25, 0.3) is 0 Å². The predicted molar refractivity (Wildman–Crippen MR) is 65.1 cm³/mol. The third-order valence-electron chi connectivity index (χ3n) is 2.77. The summed E-state index contributed by atoms with van der Waals surface area (Å²) < 4.78 is 23.8. The molecule has 0 bridgehead atoms. The van der Waals surface area contributed by atoms with Gasteiger partial charge in [-0.15, -0.1) is 0 Å². The first-order valence-corrected chi connectivity index (χ1v) is 5.79. The van der Waals surface area contributed by atoms with Gasteiger partial charge < -0.3 is 9.47 Å². The first-order chi connectivity index (χ1) is 9.24. The van der Waals surface area contributed by atoms with Crippen molar-refractivity contribution >= 4 is 5.78 Å². The molecule has 1 aliphatic heterocycles. The quantitative estimate of drug-likeness (QED) is 0.776. The van der Waals surface area contributed by atoms with Crippen molar-refractivity contribution in [2.75, 3.05) is 13.2 Å². The number of carbonyl (C=O) groups excluding carboxylic acids is 1. The maximum atomic E-state index is 13.1. The molecule has 0 fully saturated rings. The van der Waals surface area contributed by atoms with Crippen LogP contribution >= 0.6 is 0 Å². The lowest BCUT2D eigenvalue weighted by molar-refractivity contribution is 0.103. The van der Waals surface area contributed by atoms with Crippen LogP contribution < -0.4 is 9.47 Å². The van der Waals surface area contributed by atoms with Crippen LogP contribution in [0.3, 0.4) is 0 Å². The number of halogens is 1. The SMILES string of the molecule is O=C(c1cncc(F)c1)c1ccc2c(c1)OCCO2. The van der Waals surface area contributed by atoms with Gasteiger partial charge >= 0.3 is 0 Å². The second kappa shape index (κ2) is 4.68. The molecule has 0 N–H and O–H groups in total. The molecular weight excluding hydrogens is 249 g/mol. The molecule has 0 atom stereocenters. The average molecular weight is 259 g/mol. The van der Waals surface area contributed by atoms with Crippen molar-refractivity contribution in [2.45, 2.75) is 0 Å². The number of ketones is 1. The van der Waals surface area contributed by atoms with Gasteiger partial charge in [0, 0.05) is 17.3 Å². The van der Waals surface area contributed by atoms with Crippen LogP contribution in [0.5, 0.6) is 11.5 Å². The Balaban J connectivity index is 1.96. The monoisotopic (exact) mass is 259 g/mol. The van der Waals surface area contributed by atoms with Gasteiger partial charge in [0.1, 0.15) is 19.0 Å². The van der Waals surface area contributed by atoms with Crippen LogP contribution in [-0.2, 0) is 0 Å². The fraction of sp³-hybridized carbons (Fsp3) is 0.143. The summed E-state index contributed by atoms with van der Waals surface area (Å²) in [5.74, 6) is 0.300. The van der Waals surface area contributed by atoms with E-state index in [1.807, 2.05) is 0 Å². The summed E-state index contributed by atoms with van der Waals surface area (Å²) in [5.41, 5.74) is 0.619. The van der Waals surface area contributed by atoms with Crippen LogP contribution in [0.2, 0.25) is 0 Å². The molecule has 0 saturated carbocycles. The van der Waals surface area contributed by atoms with Gasteiger partial charge in [0.05, 0.1) is 6.20 Å². The fourth-order valence-corrected chi connectivity index (χ4v) is 1.89. The minimum absolute atomic E-state index is 0.205. The minimum Gasteiger partial charge on any atom is -0.486 e.